The van der Waals surface area contributed by atoms with Gasteiger partial charge in [-0.3, -0.25) is 0 Å². The summed E-state index contributed by atoms with van der Waals surface area (Å²) in [5, 5.41) is 7.57. The second kappa shape index (κ2) is 7.81. The molecule has 1 heteroatoms. The van der Waals surface area contributed by atoms with E-state index >= 15 is 0 Å². The molecule has 8 rings (SSSR count). The minimum absolute atomic E-state index is 0.00359. The highest BCUT2D eigenvalue weighted by atomic mass is 16.3. The Labute approximate surface area is 218 Å². The third kappa shape index (κ3) is 2.98. The highest BCUT2D eigenvalue weighted by molar-refractivity contribution is 6.24. The van der Waals surface area contributed by atoms with Crippen LogP contribution in [0.25, 0.3) is 76.5 Å². The summed E-state index contributed by atoms with van der Waals surface area (Å²) in [7, 11) is 0. The van der Waals surface area contributed by atoms with Crippen molar-refractivity contribution in [3.05, 3.63) is 133 Å². The Morgan fingerprint density at radius 3 is 1.73 bits per heavy atom. The molecule has 8 aromatic rings. The number of benzene rings is 7. The molecule has 0 N–H and O–H groups in total. The van der Waals surface area contributed by atoms with Crippen molar-refractivity contribution >= 4 is 54.3 Å². The van der Waals surface area contributed by atoms with Crippen LogP contribution in [-0.4, -0.2) is 0 Å². The second-order valence-corrected chi connectivity index (χ2v) is 9.46. The lowest BCUT2D eigenvalue weighted by atomic mass is 9.85. The van der Waals surface area contributed by atoms with Gasteiger partial charge in [-0.05, 0) is 55.6 Å². The molecule has 0 fully saturated rings. The summed E-state index contributed by atoms with van der Waals surface area (Å²) in [5.74, 6) is 0. The maximum Gasteiger partial charge on any atom is 0.143 e. The number of para-hydroxylation sites is 1. The van der Waals surface area contributed by atoms with Crippen molar-refractivity contribution in [1.82, 2.24) is 0 Å². The summed E-state index contributed by atoms with van der Waals surface area (Å²) in [6.45, 7) is 0. The molecule has 0 aliphatic rings. The largest absolute Gasteiger partial charge is 0.455 e. The van der Waals surface area contributed by atoms with E-state index in [1.54, 1.807) is 0 Å². The number of hydrogen-bond acceptors (Lipinski definition) is 1. The molecule has 1 heterocycles. The molecule has 172 valence electrons. The van der Waals surface area contributed by atoms with E-state index in [0.29, 0.717) is 22.1 Å². The van der Waals surface area contributed by atoms with Crippen LogP contribution < -0.4 is 0 Å². The Bertz CT molecular complexity index is 2240. The van der Waals surface area contributed by atoms with E-state index in [0.717, 1.165) is 54.4 Å². The van der Waals surface area contributed by atoms with Crippen molar-refractivity contribution in [2.45, 2.75) is 0 Å². The second-order valence-electron chi connectivity index (χ2n) is 9.46. The van der Waals surface area contributed by atoms with Gasteiger partial charge in [0.1, 0.15) is 11.2 Å². The average Bonchev–Trinajstić information content (AvgIpc) is 3.36. The fourth-order valence-corrected chi connectivity index (χ4v) is 5.79. The van der Waals surface area contributed by atoms with Gasteiger partial charge in [-0.1, -0.05) is 121 Å². The Morgan fingerprint density at radius 1 is 0.486 bits per heavy atom. The van der Waals surface area contributed by atoms with E-state index in [4.69, 9.17) is 7.16 Å². The van der Waals surface area contributed by atoms with Crippen LogP contribution in [0.2, 0.25) is 0 Å². The molecule has 0 atom stereocenters. The first-order valence-electron chi connectivity index (χ1n) is 14.0. The van der Waals surface area contributed by atoms with Gasteiger partial charge in [0.15, 0.2) is 0 Å². The molecule has 0 bridgehead atoms. The van der Waals surface area contributed by atoms with E-state index in [9.17, 15) is 1.37 Å². The van der Waals surface area contributed by atoms with E-state index in [-0.39, 0.29) is 18.1 Å². The fourth-order valence-electron chi connectivity index (χ4n) is 5.79. The maximum atomic E-state index is 9.17. The van der Waals surface area contributed by atoms with Crippen LogP contribution in [0.5, 0.6) is 0 Å². The van der Waals surface area contributed by atoms with E-state index in [1.165, 1.54) is 0 Å². The van der Waals surface area contributed by atoms with Gasteiger partial charge < -0.3 is 4.42 Å². The van der Waals surface area contributed by atoms with Crippen molar-refractivity contribution in [1.29, 1.82) is 0 Å². The van der Waals surface area contributed by atoms with Crippen LogP contribution in [0.1, 0.15) is 4.11 Å². The summed E-state index contributed by atoms with van der Waals surface area (Å²) in [6, 6.07) is 39.0. The van der Waals surface area contributed by atoms with Gasteiger partial charge in [-0.25, -0.2) is 0 Å². The van der Waals surface area contributed by atoms with Crippen molar-refractivity contribution in [3.63, 3.8) is 0 Å². The highest BCUT2D eigenvalue weighted by Crippen LogP contribution is 2.46. The first kappa shape index (κ1) is 17.5. The predicted molar refractivity (Wildman–Crippen MR) is 157 cm³/mol. The summed E-state index contributed by atoms with van der Waals surface area (Å²) in [6.07, 6.45) is 0. The van der Waals surface area contributed by atoms with Crippen LogP contribution in [0.15, 0.2) is 138 Å². The third-order valence-electron chi connectivity index (χ3n) is 7.40. The normalized spacial score (nSPS) is 12.9. The Morgan fingerprint density at radius 2 is 1.05 bits per heavy atom. The van der Waals surface area contributed by atoms with E-state index in [1.807, 2.05) is 66.7 Å². The first-order valence-corrected chi connectivity index (χ1v) is 12.5. The summed E-state index contributed by atoms with van der Waals surface area (Å²) < 4.78 is 33.5. The topological polar surface area (TPSA) is 13.1 Å². The monoisotopic (exact) mass is 473 g/mol. The molecule has 0 amide bonds. The predicted octanol–water partition coefficient (Wildman–Crippen LogP) is 10.4. The number of furan rings is 1. The molecule has 1 nitrogen and oxygen atoms in total. The molecule has 0 spiro atoms. The summed E-state index contributed by atoms with van der Waals surface area (Å²) in [4.78, 5) is 0. The molecule has 0 aliphatic heterocycles. The lowest BCUT2D eigenvalue weighted by molar-refractivity contribution is 0.670. The molecule has 0 unspecified atom stereocenters. The zero-order valence-corrected chi connectivity index (χ0v) is 19.9. The number of hydrogen-bond donors (Lipinski definition) is 0. The Balaban J connectivity index is 1.60. The van der Waals surface area contributed by atoms with Crippen LogP contribution in [0, 0.1) is 0 Å². The molecule has 0 saturated heterocycles. The van der Waals surface area contributed by atoms with Gasteiger partial charge in [-0.15, -0.1) is 0 Å². The quantitative estimate of drug-likeness (QED) is 0.228. The number of fused-ring (bicyclic) bond motifs is 6. The highest BCUT2D eigenvalue weighted by Gasteiger charge is 2.20. The van der Waals surface area contributed by atoms with E-state index in [2.05, 4.69) is 48.5 Å². The number of rotatable bonds is 2. The molecule has 0 radical (unpaired) electrons. The minimum Gasteiger partial charge on any atom is -0.455 e. The van der Waals surface area contributed by atoms with E-state index < -0.39 is 0 Å². The third-order valence-corrected chi connectivity index (χ3v) is 7.40. The standard InChI is InChI=1S/C36H22O/c1-2-11-23(12-3-1)34-26-15-6-8-17-28(26)35(29-18-9-7-16-27(29)34)31-20-10-19-30-32-21-24-13-4-5-14-25(24)22-33(32)37-36(30)31/h1-22H/i10D,19D,20D. The molecule has 7 aromatic carbocycles. The Kier molecular flexibility index (Phi) is 3.70. The average molecular weight is 474 g/mol. The Hall–Kier alpha value is -4.88. The van der Waals surface area contributed by atoms with Crippen LogP contribution >= 0.6 is 0 Å². The van der Waals surface area contributed by atoms with Gasteiger partial charge in [0.25, 0.3) is 0 Å². The lowest BCUT2D eigenvalue weighted by Gasteiger charge is -2.17. The van der Waals surface area contributed by atoms with Crippen LogP contribution in [0.4, 0.5) is 0 Å². The molecular formula is C36H22O. The van der Waals surface area contributed by atoms with Gasteiger partial charge in [0, 0.05) is 21.9 Å². The van der Waals surface area contributed by atoms with Gasteiger partial charge in [0.2, 0.25) is 0 Å². The molecular weight excluding hydrogens is 448 g/mol. The summed E-state index contributed by atoms with van der Waals surface area (Å²) >= 11 is 0. The molecule has 0 aliphatic carbocycles. The van der Waals surface area contributed by atoms with Crippen LogP contribution in [-0.2, 0) is 0 Å². The molecule has 37 heavy (non-hydrogen) atoms. The lowest BCUT2D eigenvalue weighted by Crippen LogP contribution is -1.90. The molecule has 1 aromatic heterocycles. The zero-order chi connectivity index (χ0) is 27.0. The maximum absolute atomic E-state index is 9.17. The van der Waals surface area contributed by atoms with Crippen molar-refractivity contribution in [3.8, 4) is 22.3 Å². The van der Waals surface area contributed by atoms with Gasteiger partial charge in [0.05, 0.1) is 4.11 Å². The van der Waals surface area contributed by atoms with Crippen molar-refractivity contribution in [2.75, 3.05) is 0 Å². The fraction of sp³-hybridized carbons (Fsp3) is 0. The van der Waals surface area contributed by atoms with Crippen molar-refractivity contribution in [2.24, 2.45) is 0 Å². The smallest absolute Gasteiger partial charge is 0.143 e. The first-order chi connectivity index (χ1) is 19.6. The minimum atomic E-state index is -0.0985. The SMILES string of the molecule is [2H]c1c([2H])c([2H])c2c(oc3cc4ccccc4cc32)c1-c1c2ccccc2c(-c2ccccc2)c2ccccc12. The van der Waals surface area contributed by atoms with Crippen molar-refractivity contribution < 1.29 is 8.53 Å². The summed E-state index contributed by atoms with van der Waals surface area (Å²) in [5.41, 5.74) is 4.82. The van der Waals surface area contributed by atoms with Gasteiger partial charge >= 0.3 is 0 Å². The van der Waals surface area contributed by atoms with Crippen LogP contribution in [0.3, 0.4) is 0 Å². The van der Waals surface area contributed by atoms with Gasteiger partial charge in [-0.2, -0.15) is 0 Å². The zero-order valence-electron chi connectivity index (χ0n) is 22.9. The molecule has 0 saturated carbocycles.